The van der Waals surface area contributed by atoms with Gasteiger partial charge in [-0.15, -0.1) is 11.3 Å². The van der Waals surface area contributed by atoms with Gasteiger partial charge >= 0.3 is 0 Å². The molecule has 0 aliphatic heterocycles. The number of hydrogen-bond acceptors (Lipinski definition) is 5. The Bertz CT molecular complexity index is 966. The summed E-state index contributed by atoms with van der Waals surface area (Å²) in [5, 5.41) is 3.73. The lowest BCUT2D eigenvalue weighted by Crippen LogP contribution is -2.14. The van der Waals surface area contributed by atoms with Gasteiger partial charge in [-0.1, -0.05) is 18.2 Å². The van der Waals surface area contributed by atoms with E-state index in [0.29, 0.717) is 11.5 Å². The number of hydrogen-bond donors (Lipinski definition) is 1. The highest BCUT2D eigenvalue weighted by molar-refractivity contribution is 7.12. The zero-order valence-corrected chi connectivity index (χ0v) is 16.6. The van der Waals surface area contributed by atoms with Crippen molar-refractivity contribution in [2.45, 2.75) is 20.3 Å². The van der Waals surface area contributed by atoms with E-state index in [0.717, 1.165) is 32.4 Å². The van der Waals surface area contributed by atoms with Crippen molar-refractivity contribution in [3.63, 3.8) is 0 Å². The zero-order chi connectivity index (χ0) is 19.4. The van der Waals surface area contributed by atoms with Crippen LogP contribution in [0.2, 0.25) is 0 Å². The van der Waals surface area contributed by atoms with Gasteiger partial charge in [-0.2, -0.15) is 0 Å². The van der Waals surface area contributed by atoms with Gasteiger partial charge in [0.15, 0.2) is 11.5 Å². The van der Waals surface area contributed by atoms with Crippen LogP contribution in [-0.4, -0.2) is 25.1 Å². The van der Waals surface area contributed by atoms with Crippen LogP contribution in [0, 0.1) is 13.8 Å². The van der Waals surface area contributed by atoms with Crippen molar-refractivity contribution in [3.05, 3.63) is 57.9 Å². The number of para-hydroxylation sites is 1. The third-order valence-corrected chi connectivity index (χ3v) is 5.20. The van der Waals surface area contributed by atoms with Gasteiger partial charge in [0, 0.05) is 16.1 Å². The molecule has 0 unspecified atom stereocenters. The molecule has 0 fully saturated rings. The Morgan fingerprint density at radius 3 is 2.52 bits per heavy atom. The lowest BCUT2D eigenvalue weighted by atomic mass is 10.1. The molecule has 0 aliphatic carbocycles. The quantitative estimate of drug-likeness (QED) is 0.675. The molecule has 0 saturated heterocycles. The summed E-state index contributed by atoms with van der Waals surface area (Å²) in [6.07, 6.45) is 0.243. The maximum atomic E-state index is 12.4. The summed E-state index contributed by atoms with van der Waals surface area (Å²) in [4.78, 5) is 18.1. The highest BCUT2D eigenvalue weighted by Gasteiger charge is 2.15. The fourth-order valence-electron chi connectivity index (χ4n) is 2.82. The summed E-state index contributed by atoms with van der Waals surface area (Å²) in [7, 11) is 3.22. The highest BCUT2D eigenvalue weighted by Crippen LogP contribution is 2.34. The third-order valence-electron chi connectivity index (χ3n) is 4.23. The Labute approximate surface area is 163 Å². The second-order valence-corrected chi connectivity index (χ2v) is 7.41. The number of methoxy groups -OCH3 is 2. The van der Waals surface area contributed by atoms with Gasteiger partial charge in [0.2, 0.25) is 5.91 Å². The maximum Gasteiger partial charge on any atom is 0.231 e. The van der Waals surface area contributed by atoms with Crippen LogP contribution in [0.4, 0.5) is 5.69 Å². The standard InChI is InChI=1S/C21H22N2O3S/c1-13-7-5-6-8-16(13)22-19(24)12-20-23-21(14(2)27-20)15-9-10-17(25-3)18(11-15)26-4/h5-11H,12H2,1-4H3,(H,22,24). The molecule has 1 heterocycles. The average Bonchev–Trinajstić information content (AvgIpc) is 3.03. The summed E-state index contributed by atoms with van der Waals surface area (Å²) >= 11 is 1.53. The summed E-state index contributed by atoms with van der Waals surface area (Å²) in [5.74, 6) is 1.25. The highest BCUT2D eigenvalue weighted by atomic mass is 32.1. The van der Waals surface area contributed by atoms with Gasteiger partial charge in [0.1, 0.15) is 5.01 Å². The summed E-state index contributed by atoms with van der Waals surface area (Å²) in [6.45, 7) is 3.98. The third kappa shape index (κ3) is 4.28. The minimum absolute atomic E-state index is 0.0723. The molecule has 0 aliphatic rings. The van der Waals surface area contributed by atoms with E-state index >= 15 is 0 Å². The number of nitrogens with zero attached hydrogens (tertiary/aromatic N) is 1. The molecule has 0 saturated carbocycles. The minimum Gasteiger partial charge on any atom is -0.493 e. The first-order valence-electron chi connectivity index (χ1n) is 8.56. The molecule has 0 atom stereocenters. The monoisotopic (exact) mass is 382 g/mol. The molecule has 1 amide bonds. The summed E-state index contributed by atoms with van der Waals surface area (Å²) in [5.41, 5.74) is 3.66. The lowest BCUT2D eigenvalue weighted by molar-refractivity contribution is -0.115. The van der Waals surface area contributed by atoms with Crippen LogP contribution in [0.1, 0.15) is 15.4 Å². The lowest BCUT2D eigenvalue weighted by Gasteiger charge is -2.09. The van der Waals surface area contributed by atoms with E-state index in [1.807, 2.05) is 56.3 Å². The molecule has 27 heavy (non-hydrogen) atoms. The van der Waals surface area contributed by atoms with Crippen molar-refractivity contribution in [1.29, 1.82) is 0 Å². The minimum atomic E-state index is -0.0723. The fourth-order valence-corrected chi connectivity index (χ4v) is 3.78. The zero-order valence-electron chi connectivity index (χ0n) is 15.8. The Balaban J connectivity index is 1.78. The number of aromatic nitrogens is 1. The van der Waals surface area contributed by atoms with Crippen LogP contribution in [0.5, 0.6) is 11.5 Å². The van der Waals surface area contributed by atoms with Gasteiger partial charge in [-0.25, -0.2) is 4.98 Å². The molecule has 140 valence electrons. The van der Waals surface area contributed by atoms with E-state index in [2.05, 4.69) is 10.3 Å². The Morgan fingerprint density at radius 2 is 1.81 bits per heavy atom. The van der Waals surface area contributed by atoms with Gasteiger partial charge in [0.25, 0.3) is 0 Å². The maximum absolute atomic E-state index is 12.4. The molecular weight excluding hydrogens is 360 g/mol. The number of ether oxygens (including phenoxy) is 2. The van der Waals surface area contributed by atoms with Gasteiger partial charge in [0.05, 0.1) is 26.3 Å². The number of thiazole rings is 1. The van der Waals surface area contributed by atoms with Crippen molar-refractivity contribution < 1.29 is 14.3 Å². The Hall–Kier alpha value is -2.86. The topological polar surface area (TPSA) is 60.5 Å². The van der Waals surface area contributed by atoms with Crippen molar-refractivity contribution in [1.82, 2.24) is 4.98 Å². The van der Waals surface area contributed by atoms with Gasteiger partial charge < -0.3 is 14.8 Å². The number of benzene rings is 2. The average molecular weight is 382 g/mol. The first-order chi connectivity index (χ1) is 13.0. The number of amides is 1. The van der Waals surface area contributed by atoms with E-state index in [-0.39, 0.29) is 12.3 Å². The van der Waals surface area contributed by atoms with E-state index in [1.165, 1.54) is 11.3 Å². The summed E-state index contributed by atoms with van der Waals surface area (Å²) < 4.78 is 10.7. The normalized spacial score (nSPS) is 10.5. The molecule has 1 aromatic heterocycles. The van der Waals surface area contributed by atoms with Crippen molar-refractivity contribution in [3.8, 4) is 22.8 Å². The molecule has 3 aromatic rings. The Kier molecular flexibility index (Phi) is 5.76. The van der Waals surface area contributed by atoms with Gasteiger partial charge in [-0.3, -0.25) is 4.79 Å². The van der Waals surface area contributed by atoms with Crippen LogP contribution < -0.4 is 14.8 Å². The van der Waals surface area contributed by atoms with E-state index in [1.54, 1.807) is 14.2 Å². The molecule has 0 bridgehead atoms. The molecular formula is C21H22N2O3S. The summed E-state index contributed by atoms with van der Waals surface area (Å²) in [6, 6.07) is 13.4. The van der Waals surface area contributed by atoms with Crippen molar-refractivity contribution >= 4 is 22.9 Å². The number of carbonyl (C=O) groups is 1. The molecule has 3 rings (SSSR count). The smallest absolute Gasteiger partial charge is 0.231 e. The van der Waals surface area contributed by atoms with Crippen LogP contribution >= 0.6 is 11.3 Å². The van der Waals surface area contributed by atoms with Crippen molar-refractivity contribution in [2.75, 3.05) is 19.5 Å². The van der Waals surface area contributed by atoms with E-state index in [4.69, 9.17) is 9.47 Å². The van der Waals surface area contributed by atoms with E-state index in [9.17, 15) is 4.79 Å². The number of nitrogens with one attached hydrogen (secondary N) is 1. The Morgan fingerprint density at radius 1 is 1.07 bits per heavy atom. The molecule has 1 N–H and O–H groups in total. The van der Waals surface area contributed by atoms with Crippen LogP contribution in [0.3, 0.4) is 0 Å². The number of anilines is 1. The molecule has 2 aromatic carbocycles. The van der Waals surface area contributed by atoms with E-state index < -0.39 is 0 Å². The molecule has 0 spiro atoms. The number of aryl methyl sites for hydroxylation is 2. The predicted octanol–water partition coefficient (Wildman–Crippen LogP) is 4.63. The SMILES string of the molecule is COc1ccc(-c2nc(CC(=O)Nc3ccccc3C)sc2C)cc1OC. The molecule has 5 nitrogen and oxygen atoms in total. The second-order valence-electron chi connectivity index (χ2n) is 6.12. The first kappa shape index (κ1) is 18.9. The largest absolute Gasteiger partial charge is 0.493 e. The van der Waals surface area contributed by atoms with Gasteiger partial charge in [-0.05, 0) is 43.7 Å². The second kappa shape index (κ2) is 8.22. The number of carbonyl (C=O) groups excluding carboxylic acids is 1. The van der Waals surface area contributed by atoms with Crippen LogP contribution in [0.15, 0.2) is 42.5 Å². The first-order valence-corrected chi connectivity index (χ1v) is 9.37. The number of rotatable bonds is 6. The fraction of sp³-hybridized carbons (Fsp3) is 0.238. The van der Waals surface area contributed by atoms with Crippen molar-refractivity contribution in [2.24, 2.45) is 0 Å². The molecule has 0 radical (unpaired) electrons. The molecule has 6 heteroatoms. The van der Waals surface area contributed by atoms with Crippen LogP contribution in [0.25, 0.3) is 11.3 Å². The predicted molar refractivity (Wildman–Crippen MR) is 109 cm³/mol. The van der Waals surface area contributed by atoms with Crippen LogP contribution in [-0.2, 0) is 11.2 Å².